The summed E-state index contributed by atoms with van der Waals surface area (Å²) in [5, 5.41) is 7.00. The molecule has 0 aromatic carbocycles. The van der Waals surface area contributed by atoms with Crippen LogP contribution >= 0.6 is 0 Å². The first-order chi connectivity index (χ1) is 7.93. The van der Waals surface area contributed by atoms with Crippen LogP contribution in [0.1, 0.15) is 40.5 Å². The Kier molecular flexibility index (Phi) is 10.2. The molecule has 98 valence electrons. The van der Waals surface area contributed by atoms with Crippen LogP contribution in [0, 0.1) is 0 Å². The molecule has 0 amide bonds. The molecule has 0 bridgehead atoms. The number of allylic oxidation sites excluding steroid dienone is 1. The van der Waals surface area contributed by atoms with Gasteiger partial charge < -0.3 is 9.84 Å². The SMILES string of the molecule is CCC(CC)=C(C(C)=O)C(=O)OC(C)=O.CO. The van der Waals surface area contributed by atoms with Crippen molar-refractivity contribution in [1.29, 1.82) is 0 Å². The van der Waals surface area contributed by atoms with Gasteiger partial charge in [-0.25, -0.2) is 4.79 Å². The lowest BCUT2D eigenvalue weighted by atomic mass is 10.0. The van der Waals surface area contributed by atoms with Crippen molar-refractivity contribution >= 4 is 17.7 Å². The van der Waals surface area contributed by atoms with Gasteiger partial charge in [-0.3, -0.25) is 9.59 Å². The van der Waals surface area contributed by atoms with Crippen LogP contribution in [-0.2, 0) is 19.1 Å². The highest BCUT2D eigenvalue weighted by Gasteiger charge is 2.21. The van der Waals surface area contributed by atoms with E-state index in [0.29, 0.717) is 18.4 Å². The van der Waals surface area contributed by atoms with Gasteiger partial charge in [0.2, 0.25) is 0 Å². The van der Waals surface area contributed by atoms with Crippen LogP contribution < -0.4 is 0 Å². The number of ketones is 1. The zero-order valence-corrected chi connectivity index (χ0v) is 11.0. The Labute approximate surface area is 101 Å². The Morgan fingerprint density at radius 2 is 1.41 bits per heavy atom. The number of rotatable bonds is 4. The van der Waals surface area contributed by atoms with Crippen LogP contribution in [0.2, 0.25) is 0 Å². The van der Waals surface area contributed by atoms with Crippen LogP contribution in [0.5, 0.6) is 0 Å². The molecule has 0 aliphatic carbocycles. The third-order valence-electron chi connectivity index (χ3n) is 2.00. The van der Waals surface area contributed by atoms with Gasteiger partial charge in [-0.15, -0.1) is 0 Å². The van der Waals surface area contributed by atoms with E-state index in [2.05, 4.69) is 4.74 Å². The largest absolute Gasteiger partial charge is 0.400 e. The zero-order chi connectivity index (χ0) is 14.0. The van der Waals surface area contributed by atoms with Crippen LogP contribution in [0.4, 0.5) is 0 Å². The smallest absolute Gasteiger partial charge is 0.349 e. The maximum absolute atomic E-state index is 11.4. The van der Waals surface area contributed by atoms with Gasteiger partial charge in [0.05, 0.1) is 0 Å². The maximum Gasteiger partial charge on any atom is 0.349 e. The molecule has 0 rings (SSSR count). The van der Waals surface area contributed by atoms with E-state index in [1.165, 1.54) is 6.92 Å². The first-order valence-corrected chi connectivity index (χ1v) is 5.34. The minimum absolute atomic E-state index is 0.00944. The molecule has 5 heteroatoms. The Morgan fingerprint density at radius 1 is 1.00 bits per heavy atom. The molecule has 0 aromatic rings. The monoisotopic (exact) mass is 244 g/mol. The summed E-state index contributed by atoms with van der Waals surface area (Å²) in [6, 6.07) is 0. The molecule has 0 aliphatic heterocycles. The van der Waals surface area contributed by atoms with E-state index in [1.807, 2.05) is 13.8 Å². The van der Waals surface area contributed by atoms with Crippen LogP contribution in [0.15, 0.2) is 11.1 Å². The Morgan fingerprint density at radius 3 is 1.65 bits per heavy atom. The minimum atomic E-state index is -0.839. The molecule has 1 N–H and O–H groups in total. The highest BCUT2D eigenvalue weighted by molar-refractivity contribution is 6.18. The van der Waals surface area contributed by atoms with Crippen molar-refractivity contribution in [2.24, 2.45) is 0 Å². The summed E-state index contributed by atoms with van der Waals surface area (Å²) in [7, 11) is 1.00. The van der Waals surface area contributed by atoms with Crippen molar-refractivity contribution in [2.75, 3.05) is 7.11 Å². The fourth-order valence-corrected chi connectivity index (χ4v) is 1.32. The second-order valence-corrected chi connectivity index (χ2v) is 3.12. The van der Waals surface area contributed by atoms with E-state index in [-0.39, 0.29) is 11.4 Å². The lowest BCUT2D eigenvalue weighted by Gasteiger charge is -2.07. The number of ether oxygens (including phenoxy) is 1. The van der Waals surface area contributed by atoms with Crippen LogP contribution in [0.25, 0.3) is 0 Å². The summed E-state index contributed by atoms with van der Waals surface area (Å²) in [5.41, 5.74) is 0.726. The second kappa shape index (κ2) is 9.72. The second-order valence-electron chi connectivity index (χ2n) is 3.12. The number of hydrogen-bond donors (Lipinski definition) is 1. The van der Waals surface area contributed by atoms with Crippen molar-refractivity contribution in [1.82, 2.24) is 0 Å². The average Bonchev–Trinajstić information content (AvgIpc) is 2.26. The molecule has 0 atom stereocenters. The third kappa shape index (κ3) is 6.63. The number of aliphatic hydroxyl groups excluding tert-OH is 1. The van der Waals surface area contributed by atoms with Gasteiger partial charge in [0.25, 0.3) is 0 Å². The summed E-state index contributed by atoms with van der Waals surface area (Å²) in [5.74, 6) is -1.90. The zero-order valence-electron chi connectivity index (χ0n) is 11.0. The lowest BCUT2D eigenvalue weighted by molar-refractivity contribution is -0.155. The summed E-state index contributed by atoms with van der Waals surface area (Å²) in [6.07, 6.45) is 1.19. The molecule has 0 radical (unpaired) electrons. The lowest BCUT2D eigenvalue weighted by Crippen LogP contribution is -2.18. The Hall–Kier alpha value is -1.49. The molecule has 0 saturated heterocycles. The molecule has 0 fully saturated rings. The van der Waals surface area contributed by atoms with Gasteiger partial charge in [-0.2, -0.15) is 0 Å². The topological polar surface area (TPSA) is 80.7 Å². The van der Waals surface area contributed by atoms with E-state index >= 15 is 0 Å². The van der Waals surface area contributed by atoms with Crippen molar-refractivity contribution in [3.8, 4) is 0 Å². The molecule has 0 aliphatic rings. The van der Waals surface area contributed by atoms with E-state index in [9.17, 15) is 14.4 Å². The molecule has 0 aromatic heterocycles. The molecule has 17 heavy (non-hydrogen) atoms. The summed E-state index contributed by atoms with van der Waals surface area (Å²) in [6.45, 7) is 6.13. The number of hydrogen-bond acceptors (Lipinski definition) is 5. The molecular weight excluding hydrogens is 224 g/mol. The first-order valence-electron chi connectivity index (χ1n) is 5.34. The van der Waals surface area contributed by atoms with E-state index < -0.39 is 11.9 Å². The van der Waals surface area contributed by atoms with Crippen molar-refractivity contribution in [3.63, 3.8) is 0 Å². The highest BCUT2D eigenvalue weighted by Crippen LogP contribution is 2.15. The van der Waals surface area contributed by atoms with Crippen LogP contribution in [-0.4, -0.2) is 29.9 Å². The molecular formula is C12H20O5. The fraction of sp³-hybridized carbons (Fsp3) is 0.583. The van der Waals surface area contributed by atoms with E-state index in [0.717, 1.165) is 14.0 Å². The van der Waals surface area contributed by atoms with Crippen molar-refractivity contribution < 1.29 is 24.2 Å². The molecule has 0 spiro atoms. The number of Topliss-reactive ketones (excluding diaryl/α,β-unsaturated/α-hetero) is 1. The number of esters is 2. The Balaban J connectivity index is 0. The molecule has 0 saturated carbocycles. The highest BCUT2D eigenvalue weighted by atomic mass is 16.6. The first kappa shape index (κ1) is 17.9. The molecule has 0 unspecified atom stereocenters. The standard InChI is InChI=1S/C11H16O4.CH4O/c1-5-9(6-2)10(7(3)12)11(14)15-8(4)13;1-2/h5-6H2,1-4H3;2H,1H3. The van der Waals surface area contributed by atoms with Gasteiger partial charge in [-0.1, -0.05) is 19.4 Å². The van der Waals surface area contributed by atoms with Crippen molar-refractivity contribution in [2.45, 2.75) is 40.5 Å². The summed E-state index contributed by atoms with van der Waals surface area (Å²) < 4.78 is 4.40. The average molecular weight is 244 g/mol. The normalized spacial score (nSPS) is 8.59. The summed E-state index contributed by atoms with van der Waals surface area (Å²) >= 11 is 0. The minimum Gasteiger partial charge on any atom is -0.400 e. The number of carbonyl (C=O) groups excluding carboxylic acids is 3. The van der Waals surface area contributed by atoms with Gasteiger partial charge in [0, 0.05) is 14.0 Å². The summed E-state index contributed by atoms with van der Waals surface area (Å²) in [4.78, 5) is 33.3. The molecule has 5 nitrogen and oxygen atoms in total. The van der Waals surface area contributed by atoms with E-state index in [4.69, 9.17) is 5.11 Å². The molecule has 0 heterocycles. The quantitative estimate of drug-likeness (QED) is 0.350. The van der Waals surface area contributed by atoms with Crippen molar-refractivity contribution in [3.05, 3.63) is 11.1 Å². The predicted molar refractivity (Wildman–Crippen MR) is 63.2 cm³/mol. The van der Waals surface area contributed by atoms with Crippen LogP contribution in [0.3, 0.4) is 0 Å². The third-order valence-corrected chi connectivity index (χ3v) is 2.00. The predicted octanol–water partition coefficient (Wildman–Crippen LogP) is 1.39. The number of carbonyl (C=O) groups is 3. The fourth-order valence-electron chi connectivity index (χ4n) is 1.32. The van der Waals surface area contributed by atoms with E-state index in [1.54, 1.807) is 0 Å². The van der Waals surface area contributed by atoms with Gasteiger partial charge in [-0.05, 0) is 19.8 Å². The maximum atomic E-state index is 11.4. The van der Waals surface area contributed by atoms with Gasteiger partial charge in [0.15, 0.2) is 5.78 Å². The Bertz CT molecular complexity index is 309. The van der Waals surface area contributed by atoms with Gasteiger partial charge >= 0.3 is 11.9 Å². The number of aliphatic hydroxyl groups is 1. The van der Waals surface area contributed by atoms with Gasteiger partial charge in [0.1, 0.15) is 5.57 Å².